The Morgan fingerprint density at radius 1 is 0.397 bits per heavy atom. The van der Waals surface area contributed by atoms with Gasteiger partial charge < -0.3 is 33.7 Å². The van der Waals surface area contributed by atoms with Crippen LogP contribution in [-0.2, 0) is 57.2 Å². The van der Waals surface area contributed by atoms with E-state index in [2.05, 4.69) is 5.32 Å². The summed E-state index contributed by atoms with van der Waals surface area (Å²) in [6.45, 7) is 7.81. The van der Waals surface area contributed by atoms with Crippen molar-refractivity contribution in [3.8, 4) is 0 Å². The average molecular weight is 983 g/mol. The van der Waals surface area contributed by atoms with Crippen molar-refractivity contribution in [2.45, 2.75) is 220 Å². The Bertz CT molecular complexity index is 1260. The Morgan fingerprint density at radius 2 is 0.632 bits per heavy atom. The van der Waals surface area contributed by atoms with Gasteiger partial charge in [0.2, 0.25) is 0 Å². The van der Waals surface area contributed by atoms with E-state index in [-0.39, 0.29) is 99.2 Å². The monoisotopic (exact) mass is 982 g/mol. The minimum Gasteiger partial charge on any atom is -0.461 e. The molecule has 392 valence electrons. The normalized spacial score (nSPS) is 20.3. The first kappa shape index (κ1) is 59.4. The summed E-state index contributed by atoms with van der Waals surface area (Å²) in [4.78, 5) is 78.0. The van der Waals surface area contributed by atoms with Crippen LogP contribution in [0.3, 0.4) is 0 Å². The topological polar surface area (TPSA) is 170 Å². The van der Waals surface area contributed by atoms with Crippen LogP contribution >= 0.6 is 12.4 Å². The van der Waals surface area contributed by atoms with Gasteiger partial charge in [-0.2, -0.15) is 0 Å². The number of carbonyl (C=O) groups is 6. The zero-order valence-electron chi connectivity index (χ0n) is 42.6. The molecule has 68 heavy (non-hydrogen) atoms. The third-order valence-corrected chi connectivity index (χ3v) is 15.0. The fourth-order valence-corrected chi connectivity index (χ4v) is 10.9. The van der Waals surface area contributed by atoms with Gasteiger partial charge in [-0.15, -0.1) is 12.4 Å². The van der Waals surface area contributed by atoms with Crippen LogP contribution in [0.4, 0.5) is 0 Å². The van der Waals surface area contributed by atoms with Gasteiger partial charge in [-0.3, -0.25) is 28.8 Å². The number of hydrogen-bond donors (Lipinski definition) is 1. The third-order valence-electron chi connectivity index (χ3n) is 15.0. The van der Waals surface area contributed by atoms with Crippen molar-refractivity contribution >= 4 is 48.2 Å². The van der Waals surface area contributed by atoms with Gasteiger partial charge in [0.05, 0.1) is 23.7 Å². The van der Waals surface area contributed by atoms with Gasteiger partial charge in [0.15, 0.2) is 12.2 Å². The van der Waals surface area contributed by atoms with Crippen LogP contribution < -0.4 is 5.32 Å². The Hall–Kier alpha value is -2.93. The Balaban J connectivity index is 0.0000122. The predicted octanol–water partition coefficient (Wildman–Crippen LogP) is 11.0. The molecular weight excluding hydrogens is 890 g/mol. The summed E-state index contributed by atoms with van der Waals surface area (Å²) in [7, 11) is 0. The summed E-state index contributed by atoms with van der Waals surface area (Å²) >= 11 is 0. The van der Waals surface area contributed by atoms with Gasteiger partial charge in [-0.25, -0.2) is 0 Å². The molecule has 0 aliphatic heterocycles. The quantitative estimate of drug-likeness (QED) is 0.0410. The van der Waals surface area contributed by atoms with Crippen LogP contribution in [0.15, 0.2) is 0 Å². The second-order valence-electron chi connectivity index (χ2n) is 21.3. The number of rotatable bonds is 30. The van der Waals surface area contributed by atoms with E-state index in [0.29, 0.717) is 49.6 Å². The smallest absolute Gasteiger partial charge is 0.308 e. The van der Waals surface area contributed by atoms with E-state index in [1.54, 1.807) is 0 Å². The highest BCUT2D eigenvalue weighted by Crippen LogP contribution is 2.32. The molecule has 4 atom stereocenters. The largest absolute Gasteiger partial charge is 0.461 e. The lowest BCUT2D eigenvalue weighted by Crippen LogP contribution is -2.33. The molecule has 1 N–H and O–H groups in total. The standard InChI is InChI=1S/C54H91NO12.ClH/c1-39(31-43-19-9-5-10-20-43)51(58)62-35-47(36-63-52(59)40(2)32-44-21-11-6-12-22-44)66-49(56)27-17-29-55-30-18-28-50(57)67-48(37-64-53(60)41(3)33-45-23-13-7-14-24-45)38-65-54(61)42(4)34-46-25-15-8-16-26-46;/h39-48,55H,5-38H2,1-4H3;1H. The first-order valence-corrected chi connectivity index (χ1v) is 27.1. The first-order valence-electron chi connectivity index (χ1n) is 27.1. The van der Waals surface area contributed by atoms with Crippen molar-refractivity contribution in [3.63, 3.8) is 0 Å². The number of hydrogen-bond acceptors (Lipinski definition) is 13. The van der Waals surface area contributed by atoms with Gasteiger partial charge in [-0.05, 0) is 75.3 Å². The minimum atomic E-state index is -0.908. The van der Waals surface area contributed by atoms with E-state index in [9.17, 15) is 28.8 Å². The molecule has 0 spiro atoms. The fraction of sp³-hybridized carbons (Fsp3) is 0.889. The molecule has 0 radical (unpaired) electrons. The van der Waals surface area contributed by atoms with E-state index >= 15 is 0 Å². The van der Waals surface area contributed by atoms with Crippen molar-refractivity contribution in [2.75, 3.05) is 39.5 Å². The van der Waals surface area contributed by atoms with Crippen LogP contribution in [0.1, 0.15) is 207 Å². The minimum absolute atomic E-state index is 0. The maximum atomic E-state index is 13.0. The van der Waals surface area contributed by atoms with Crippen LogP contribution in [0, 0.1) is 47.3 Å². The number of esters is 6. The lowest BCUT2D eigenvalue weighted by atomic mass is 9.83. The third kappa shape index (κ3) is 24.8. The predicted molar refractivity (Wildman–Crippen MR) is 264 cm³/mol. The molecule has 0 saturated heterocycles. The Morgan fingerprint density at radius 3 is 0.868 bits per heavy atom. The van der Waals surface area contributed by atoms with Crippen molar-refractivity contribution in [1.29, 1.82) is 0 Å². The summed E-state index contributed by atoms with van der Waals surface area (Å²) in [5.74, 6) is -1.28. The number of carbonyl (C=O) groups excluding carboxylic acids is 6. The summed E-state index contributed by atoms with van der Waals surface area (Å²) in [5.41, 5.74) is 0. The summed E-state index contributed by atoms with van der Waals surface area (Å²) in [6, 6.07) is 0. The molecule has 0 aromatic heterocycles. The average Bonchev–Trinajstić information content (AvgIpc) is 3.33. The molecule has 0 aromatic rings. The van der Waals surface area contributed by atoms with Crippen LogP contribution in [-0.4, -0.2) is 87.5 Å². The van der Waals surface area contributed by atoms with Gasteiger partial charge in [-0.1, -0.05) is 156 Å². The Kier molecular flexibility index (Phi) is 30.0. The molecule has 4 rings (SSSR count). The lowest BCUT2D eigenvalue weighted by molar-refractivity contribution is -0.169. The van der Waals surface area contributed by atoms with Crippen LogP contribution in [0.25, 0.3) is 0 Å². The molecule has 4 aliphatic carbocycles. The van der Waals surface area contributed by atoms with Crippen LogP contribution in [0.5, 0.6) is 0 Å². The van der Waals surface area contributed by atoms with Gasteiger partial charge in [0.25, 0.3) is 0 Å². The highest BCUT2D eigenvalue weighted by Gasteiger charge is 2.29. The number of ether oxygens (including phenoxy) is 6. The molecule has 4 aliphatic rings. The molecule has 0 aromatic carbocycles. The second-order valence-corrected chi connectivity index (χ2v) is 21.3. The number of nitrogens with one attached hydrogen (secondary N) is 1. The molecular formula is C54H92ClNO12. The molecule has 4 unspecified atom stereocenters. The van der Waals surface area contributed by atoms with Crippen molar-refractivity contribution in [2.24, 2.45) is 47.3 Å². The van der Waals surface area contributed by atoms with E-state index in [1.165, 1.54) is 77.0 Å². The Labute approximate surface area is 415 Å². The first-order chi connectivity index (χ1) is 32.4. The molecule has 14 heteroatoms. The van der Waals surface area contributed by atoms with Crippen molar-refractivity contribution in [1.82, 2.24) is 5.32 Å². The zero-order chi connectivity index (χ0) is 48.2. The summed E-state index contributed by atoms with van der Waals surface area (Å²) in [5, 5.41) is 3.25. The van der Waals surface area contributed by atoms with Crippen LogP contribution in [0.2, 0.25) is 0 Å². The zero-order valence-corrected chi connectivity index (χ0v) is 43.4. The fourth-order valence-electron chi connectivity index (χ4n) is 10.9. The molecule has 13 nitrogen and oxygen atoms in total. The summed E-state index contributed by atoms with van der Waals surface area (Å²) < 4.78 is 34.1. The molecule has 4 fully saturated rings. The van der Waals surface area contributed by atoms with Gasteiger partial charge in [0, 0.05) is 12.8 Å². The molecule has 0 heterocycles. The summed E-state index contributed by atoms with van der Waals surface area (Å²) in [6.07, 6.45) is 26.0. The van der Waals surface area contributed by atoms with E-state index in [4.69, 9.17) is 28.4 Å². The van der Waals surface area contributed by atoms with Crippen molar-refractivity contribution in [3.05, 3.63) is 0 Å². The van der Waals surface area contributed by atoms with Gasteiger partial charge in [0.1, 0.15) is 26.4 Å². The highest BCUT2D eigenvalue weighted by atomic mass is 35.5. The SMILES string of the molecule is CC(CC1CCCCC1)C(=O)OCC(COC(=O)C(C)CC1CCCCC1)OC(=O)CCCNCCCC(=O)OC(COC(=O)C(C)CC1CCCCC1)COC(=O)C(C)CC1CCCCC1.Cl. The second kappa shape index (κ2) is 34.4. The maximum Gasteiger partial charge on any atom is 0.308 e. The maximum absolute atomic E-state index is 13.0. The van der Waals surface area contributed by atoms with E-state index in [1.807, 2.05) is 27.7 Å². The van der Waals surface area contributed by atoms with E-state index < -0.39 is 24.1 Å². The molecule has 4 saturated carbocycles. The molecule has 0 bridgehead atoms. The van der Waals surface area contributed by atoms with Crippen molar-refractivity contribution < 1.29 is 57.2 Å². The van der Waals surface area contributed by atoms with E-state index in [0.717, 1.165) is 77.0 Å². The molecule has 0 amide bonds. The highest BCUT2D eigenvalue weighted by molar-refractivity contribution is 5.85. The lowest BCUT2D eigenvalue weighted by Gasteiger charge is -2.25. The van der Waals surface area contributed by atoms with Gasteiger partial charge >= 0.3 is 35.8 Å². The number of halogens is 1.